The van der Waals surface area contributed by atoms with Crippen molar-refractivity contribution in [3.63, 3.8) is 0 Å². The third-order valence-corrected chi connectivity index (χ3v) is 2.29. The SMILES string of the molecule is COCC(O)CN(C)CC(=O)NNc1ccccn1. The van der Waals surface area contributed by atoms with Gasteiger partial charge in [-0.3, -0.25) is 20.5 Å². The van der Waals surface area contributed by atoms with Gasteiger partial charge < -0.3 is 9.84 Å². The van der Waals surface area contributed by atoms with E-state index in [0.29, 0.717) is 12.4 Å². The summed E-state index contributed by atoms with van der Waals surface area (Å²) in [5.41, 5.74) is 5.23. The second-order valence-corrected chi connectivity index (χ2v) is 4.19. The summed E-state index contributed by atoms with van der Waals surface area (Å²) >= 11 is 0. The minimum Gasteiger partial charge on any atom is -0.389 e. The summed E-state index contributed by atoms with van der Waals surface area (Å²) < 4.78 is 4.82. The Labute approximate surface area is 112 Å². The highest BCUT2D eigenvalue weighted by molar-refractivity contribution is 5.79. The van der Waals surface area contributed by atoms with Crippen LogP contribution in [-0.4, -0.2) is 60.9 Å². The van der Waals surface area contributed by atoms with Gasteiger partial charge in [0.15, 0.2) is 0 Å². The summed E-state index contributed by atoms with van der Waals surface area (Å²) in [6.45, 7) is 0.781. The molecule has 0 fully saturated rings. The van der Waals surface area contributed by atoms with Crippen molar-refractivity contribution in [3.8, 4) is 0 Å². The van der Waals surface area contributed by atoms with Gasteiger partial charge in [0.1, 0.15) is 5.82 Å². The zero-order valence-corrected chi connectivity index (χ0v) is 11.2. The summed E-state index contributed by atoms with van der Waals surface area (Å²) in [5.74, 6) is 0.357. The predicted octanol–water partition coefficient (Wildman–Crippen LogP) is -0.536. The molecule has 7 heteroatoms. The molecule has 3 N–H and O–H groups in total. The molecule has 1 unspecified atom stereocenters. The molecule has 1 heterocycles. The maximum absolute atomic E-state index is 11.6. The number of anilines is 1. The second kappa shape index (κ2) is 8.41. The third kappa shape index (κ3) is 6.70. The number of nitrogens with one attached hydrogen (secondary N) is 2. The number of pyridine rings is 1. The fraction of sp³-hybridized carbons (Fsp3) is 0.500. The zero-order valence-electron chi connectivity index (χ0n) is 11.2. The Morgan fingerprint density at radius 2 is 2.37 bits per heavy atom. The molecule has 106 valence electrons. The number of ether oxygens (including phenoxy) is 1. The molecular weight excluding hydrogens is 248 g/mol. The van der Waals surface area contributed by atoms with Crippen molar-refractivity contribution < 1.29 is 14.6 Å². The summed E-state index contributed by atoms with van der Waals surface area (Å²) in [5, 5.41) is 9.52. The molecule has 1 aromatic rings. The topological polar surface area (TPSA) is 86.7 Å². The maximum atomic E-state index is 11.6. The lowest BCUT2D eigenvalue weighted by atomic mass is 10.3. The number of methoxy groups -OCH3 is 1. The molecule has 0 bridgehead atoms. The molecule has 1 amide bonds. The van der Waals surface area contributed by atoms with E-state index in [2.05, 4.69) is 15.8 Å². The highest BCUT2D eigenvalue weighted by Gasteiger charge is 2.11. The van der Waals surface area contributed by atoms with Gasteiger partial charge in [-0.1, -0.05) is 6.07 Å². The van der Waals surface area contributed by atoms with Crippen LogP contribution in [0.2, 0.25) is 0 Å². The van der Waals surface area contributed by atoms with Crippen LogP contribution in [0.25, 0.3) is 0 Å². The number of carbonyl (C=O) groups is 1. The second-order valence-electron chi connectivity index (χ2n) is 4.19. The van der Waals surface area contributed by atoms with Crippen molar-refractivity contribution in [3.05, 3.63) is 24.4 Å². The van der Waals surface area contributed by atoms with Crippen molar-refractivity contribution in [1.82, 2.24) is 15.3 Å². The van der Waals surface area contributed by atoms with Gasteiger partial charge in [-0.15, -0.1) is 0 Å². The predicted molar refractivity (Wildman–Crippen MR) is 71.4 cm³/mol. The third-order valence-electron chi connectivity index (χ3n) is 2.29. The molecule has 0 aliphatic rings. The number of likely N-dealkylation sites (N-methyl/N-ethyl adjacent to an activating group) is 1. The monoisotopic (exact) mass is 268 g/mol. The van der Waals surface area contributed by atoms with Crippen LogP contribution in [-0.2, 0) is 9.53 Å². The number of aromatic nitrogens is 1. The first-order chi connectivity index (χ1) is 9.11. The Bertz CT molecular complexity index is 374. The van der Waals surface area contributed by atoms with Crippen LogP contribution in [0, 0.1) is 0 Å². The Kier molecular flexibility index (Phi) is 6.80. The van der Waals surface area contributed by atoms with E-state index < -0.39 is 6.10 Å². The van der Waals surface area contributed by atoms with Crippen LogP contribution in [0.5, 0.6) is 0 Å². The maximum Gasteiger partial charge on any atom is 0.252 e. The van der Waals surface area contributed by atoms with Gasteiger partial charge in [-0.05, 0) is 19.2 Å². The van der Waals surface area contributed by atoms with Gasteiger partial charge in [0.25, 0.3) is 5.91 Å². The smallest absolute Gasteiger partial charge is 0.252 e. The van der Waals surface area contributed by atoms with Crippen LogP contribution < -0.4 is 10.9 Å². The fourth-order valence-electron chi connectivity index (χ4n) is 1.52. The van der Waals surface area contributed by atoms with Gasteiger partial charge in [-0.2, -0.15) is 0 Å². The molecule has 0 aromatic carbocycles. The molecule has 1 aromatic heterocycles. The van der Waals surface area contributed by atoms with E-state index in [1.807, 2.05) is 6.07 Å². The van der Waals surface area contributed by atoms with Crippen molar-refractivity contribution in [2.75, 3.05) is 39.3 Å². The molecule has 0 radical (unpaired) electrons. The van der Waals surface area contributed by atoms with Gasteiger partial charge in [0.2, 0.25) is 0 Å². The lowest BCUT2D eigenvalue weighted by Gasteiger charge is -2.19. The first-order valence-corrected chi connectivity index (χ1v) is 5.93. The molecule has 0 aliphatic carbocycles. The molecule has 1 atom stereocenters. The molecule has 0 saturated heterocycles. The Morgan fingerprint density at radius 1 is 1.58 bits per heavy atom. The summed E-state index contributed by atoms with van der Waals surface area (Å²) in [4.78, 5) is 17.3. The van der Waals surface area contributed by atoms with Crippen molar-refractivity contribution in [1.29, 1.82) is 0 Å². The van der Waals surface area contributed by atoms with E-state index >= 15 is 0 Å². The molecule has 19 heavy (non-hydrogen) atoms. The molecular formula is C12H20N4O3. The van der Waals surface area contributed by atoms with Crippen molar-refractivity contribution in [2.24, 2.45) is 0 Å². The number of hydrogen-bond acceptors (Lipinski definition) is 6. The van der Waals surface area contributed by atoms with Gasteiger partial charge in [0.05, 0.1) is 19.3 Å². The number of aliphatic hydroxyl groups is 1. The van der Waals surface area contributed by atoms with E-state index in [0.717, 1.165) is 0 Å². The number of amides is 1. The number of hydrogen-bond donors (Lipinski definition) is 3. The minimum absolute atomic E-state index is 0.167. The largest absolute Gasteiger partial charge is 0.389 e. The molecule has 7 nitrogen and oxygen atoms in total. The van der Waals surface area contributed by atoms with Crippen LogP contribution in [0.1, 0.15) is 0 Å². The molecule has 1 rings (SSSR count). The quantitative estimate of drug-likeness (QED) is 0.549. The number of rotatable bonds is 8. The van der Waals surface area contributed by atoms with Gasteiger partial charge in [-0.25, -0.2) is 4.98 Å². The Hall–Kier alpha value is -1.70. The summed E-state index contributed by atoms with van der Waals surface area (Å²) in [7, 11) is 3.27. The van der Waals surface area contributed by atoms with E-state index in [1.54, 1.807) is 30.3 Å². The van der Waals surface area contributed by atoms with Crippen molar-refractivity contribution in [2.45, 2.75) is 6.10 Å². The standard InChI is InChI=1S/C12H20N4O3/c1-16(7-10(17)9-19-2)8-12(18)15-14-11-5-3-4-6-13-11/h3-6,10,17H,7-9H2,1-2H3,(H,13,14)(H,15,18). The lowest BCUT2D eigenvalue weighted by molar-refractivity contribution is -0.121. The zero-order chi connectivity index (χ0) is 14.1. The highest BCUT2D eigenvalue weighted by atomic mass is 16.5. The van der Waals surface area contributed by atoms with Crippen molar-refractivity contribution >= 4 is 11.7 Å². The Balaban J connectivity index is 2.23. The van der Waals surface area contributed by atoms with E-state index in [1.165, 1.54) is 7.11 Å². The minimum atomic E-state index is -0.605. The first-order valence-electron chi connectivity index (χ1n) is 5.93. The normalized spacial score (nSPS) is 12.2. The van der Waals surface area contributed by atoms with Gasteiger partial charge >= 0.3 is 0 Å². The van der Waals surface area contributed by atoms with E-state index in [4.69, 9.17) is 4.74 Å². The molecule has 0 spiro atoms. The number of nitrogens with zero attached hydrogens (tertiary/aromatic N) is 2. The van der Waals surface area contributed by atoms with Crippen LogP contribution in [0.15, 0.2) is 24.4 Å². The highest BCUT2D eigenvalue weighted by Crippen LogP contribution is 1.97. The number of hydrazine groups is 1. The first kappa shape index (κ1) is 15.4. The van der Waals surface area contributed by atoms with E-state index in [-0.39, 0.29) is 19.1 Å². The van der Waals surface area contributed by atoms with Gasteiger partial charge in [0, 0.05) is 19.9 Å². The van der Waals surface area contributed by atoms with Crippen LogP contribution in [0.4, 0.5) is 5.82 Å². The molecule has 0 aliphatic heterocycles. The summed E-state index contributed by atoms with van der Waals surface area (Å²) in [6.07, 6.45) is 1.02. The lowest BCUT2D eigenvalue weighted by Crippen LogP contribution is -2.41. The number of aliphatic hydroxyl groups excluding tert-OH is 1. The summed E-state index contributed by atoms with van der Waals surface area (Å²) in [6, 6.07) is 5.35. The Morgan fingerprint density at radius 3 is 3.00 bits per heavy atom. The van der Waals surface area contributed by atoms with Crippen LogP contribution in [0.3, 0.4) is 0 Å². The fourth-order valence-corrected chi connectivity index (χ4v) is 1.52. The van der Waals surface area contributed by atoms with E-state index in [9.17, 15) is 9.90 Å². The average molecular weight is 268 g/mol. The molecule has 0 saturated carbocycles. The number of carbonyl (C=O) groups excluding carboxylic acids is 1. The van der Waals surface area contributed by atoms with Crippen LogP contribution >= 0.6 is 0 Å². The average Bonchev–Trinajstić information content (AvgIpc) is 2.37.